The van der Waals surface area contributed by atoms with E-state index < -0.39 is 0 Å². The first-order valence-electron chi connectivity index (χ1n) is 10.8. The molecule has 32 heavy (non-hydrogen) atoms. The fourth-order valence-corrected chi connectivity index (χ4v) is 3.54. The fourth-order valence-electron chi connectivity index (χ4n) is 3.54. The Kier molecular flexibility index (Phi) is 8.02. The van der Waals surface area contributed by atoms with Crippen molar-refractivity contribution in [3.8, 4) is 5.75 Å². The average Bonchev–Trinajstić information content (AvgIpc) is 2.80. The van der Waals surface area contributed by atoms with Crippen LogP contribution < -0.4 is 20.9 Å². The Balaban J connectivity index is 1.59. The second-order valence-electron chi connectivity index (χ2n) is 7.58. The lowest BCUT2D eigenvalue weighted by atomic mass is 10.1. The van der Waals surface area contributed by atoms with Crippen LogP contribution in [0, 0.1) is 0 Å². The molecule has 168 valence electrons. The number of methoxy groups -OCH3 is 1. The number of hydrogen-bond donors (Lipinski definition) is 2. The van der Waals surface area contributed by atoms with Crippen LogP contribution in [0.15, 0.2) is 60.1 Å². The van der Waals surface area contributed by atoms with E-state index in [-0.39, 0.29) is 5.91 Å². The minimum absolute atomic E-state index is 0.0453. The zero-order chi connectivity index (χ0) is 22.9. The highest BCUT2D eigenvalue weighted by Crippen LogP contribution is 2.21. The minimum Gasteiger partial charge on any atom is -0.497 e. The summed E-state index contributed by atoms with van der Waals surface area (Å²) in [6, 6.07) is 15.5. The molecule has 1 amide bonds. The van der Waals surface area contributed by atoms with Crippen molar-refractivity contribution in [1.29, 1.82) is 0 Å². The molecule has 0 atom stereocenters. The first-order valence-corrected chi connectivity index (χ1v) is 10.8. The molecule has 3 rings (SSSR count). The Morgan fingerprint density at radius 2 is 1.91 bits per heavy atom. The number of amides is 1. The van der Waals surface area contributed by atoms with Crippen LogP contribution in [0.1, 0.15) is 25.3 Å². The van der Waals surface area contributed by atoms with Crippen LogP contribution in [-0.4, -0.2) is 42.7 Å². The molecule has 0 saturated carbocycles. The molecule has 0 bridgehead atoms. The highest BCUT2D eigenvalue weighted by Gasteiger charge is 2.11. The van der Waals surface area contributed by atoms with E-state index in [0.29, 0.717) is 18.8 Å². The predicted octanol–water partition coefficient (Wildman–Crippen LogP) is 3.62. The summed E-state index contributed by atoms with van der Waals surface area (Å²) in [5, 5.41) is 6.38. The van der Waals surface area contributed by atoms with Crippen LogP contribution >= 0.6 is 0 Å². The summed E-state index contributed by atoms with van der Waals surface area (Å²) in [4.78, 5) is 21.3. The van der Waals surface area contributed by atoms with E-state index >= 15 is 0 Å². The van der Waals surface area contributed by atoms with Gasteiger partial charge in [-0.2, -0.15) is 0 Å². The first-order chi connectivity index (χ1) is 15.5. The van der Waals surface area contributed by atoms with Gasteiger partial charge in [0.05, 0.1) is 24.6 Å². The molecule has 0 spiro atoms. The number of benzene rings is 2. The molecule has 0 fully saturated rings. The Morgan fingerprint density at radius 1 is 1.16 bits per heavy atom. The number of hydrogen-bond acceptors (Lipinski definition) is 5. The quantitative estimate of drug-likeness (QED) is 0.479. The molecule has 2 N–H and O–H groups in total. The molecular weight excluding hydrogens is 402 g/mol. The normalized spacial score (nSPS) is 11.4. The molecule has 1 heterocycles. The maximum absolute atomic E-state index is 12.1. The number of allylic oxidation sites excluding steroid dienone is 1. The van der Waals surface area contributed by atoms with Crippen molar-refractivity contribution in [2.24, 2.45) is 4.99 Å². The Labute approximate surface area is 188 Å². The third-order valence-electron chi connectivity index (χ3n) is 5.10. The number of unbranched alkanes of at least 4 members (excludes halogenated alkanes) is 1. The number of rotatable bonds is 10. The van der Waals surface area contributed by atoms with E-state index in [1.54, 1.807) is 14.2 Å². The average molecular weight is 434 g/mol. The summed E-state index contributed by atoms with van der Waals surface area (Å²) in [7, 11) is 3.39. The summed E-state index contributed by atoms with van der Waals surface area (Å²) < 4.78 is 7.35. The van der Waals surface area contributed by atoms with Crippen molar-refractivity contribution in [3.05, 3.63) is 66.2 Å². The summed E-state index contributed by atoms with van der Waals surface area (Å²) in [5.41, 5.74) is 4.33. The lowest BCUT2D eigenvalue weighted by Gasteiger charge is -2.16. The number of nitrogens with one attached hydrogen (secondary N) is 2. The largest absolute Gasteiger partial charge is 0.497 e. The van der Waals surface area contributed by atoms with E-state index in [1.807, 2.05) is 60.0 Å². The van der Waals surface area contributed by atoms with Gasteiger partial charge >= 0.3 is 0 Å². The minimum atomic E-state index is 0.0453. The Morgan fingerprint density at radius 3 is 2.59 bits per heavy atom. The molecule has 0 radical (unpaired) electrons. The standard InChI is InChI=1S/C25H31N5O2/c1-18(2)30-22-13-12-20(32-4)17-21(22)29-24(25(30)26-3)28-15-9-8-14-27-23(31)16-19-10-6-5-7-11-19/h5-7,10-13,17H,1,8-9,14-16H2,2-4H3,(H,27,31)(H,28,29)/b26-25-. The molecular formula is C25H31N5O2. The maximum atomic E-state index is 12.1. The van der Waals surface area contributed by atoms with Gasteiger partial charge in [0.25, 0.3) is 0 Å². The van der Waals surface area contributed by atoms with Crippen LogP contribution in [0.3, 0.4) is 0 Å². The monoisotopic (exact) mass is 433 g/mol. The third-order valence-corrected chi connectivity index (χ3v) is 5.10. The van der Waals surface area contributed by atoms with Gasteiger partial charge in [-0.15, -0.1) is 0 Å². The number of ether oxygens (including phenoxy) is 1. The summed E-state index contributed by atoms with van der Waals surface area (Å²) in [5.74, 6) is 1.49. The third kappa shape index (κ3) is 5.75. The number of fused-ring (bicyclic) bond motifs is 1. The Bertz CT molecular complexity index is 1150. The van der Waals surface area contributed by atoms with E-state index in [9.17, 15) is 4.79 Å². The number of carbonyl (C=O) groups is 1. The van der Waals surface area contributed by atoms with Gasteiger partial charge in [-0.3, -0.25) is 14.4 Å². The van der Waals surface area contributed by atoms with Crippen molar-refractivity contribution >= 4 is 28.5 Å². The molecule has 7 heteroatoms. The zero-order valence-electron chi connectivity index (χ0n) is 19.0. The molecule has 7 nitrogen and oxygen atoms in total. The SMILES string of the molecule is C=C(C)n1/c(=N\C)c(NCCCCNC(=O)Cc2ccccc2)nc2cc(OC)ccc21. The molecule has 0 unspecified atom stereocenters. The second kappa shape index (κ2) is 11.1. The number of carbonyl (C=O) groups excluding carboxylic acids is 1. The van der Waals surface area contributed by atoms with Gasteiger partial charge in [0.15, 0.2) is 11.3 Å². The number of anilines is 1. The summed E-state index contributed by atoms with van der Waals surface area (Å²) in [6.45, 7) is 7.42. The predicted molar refractivity (Wildman–Crippen MR) is 130 cm³/mol. The van der Waals surface area contributed by atoms with Crippen molar-refractivity contribution in [2.75, 3.05) is 32.6 Å². The molecule has 0 aliphatic heterocycles. The van der Waals surface area contributed by atoms with Crippen LogP contribution in [-0.2, 0) is 11.2 Å². The highest BCUT2D eigenvalue weighted by atomic mass is 16.5. The molecule has 1 aromatic heterocycles. The number of aromatic nitrogens is 2. The van der Waals surface area contributed by atoms with Crippen LogP contribution in [0.4, 0.5) is 5.82 Å². The van der Waals surface area contributed by atoms with Crippen LogP contribution in [0.2, 0.25) is 0 Å². The smallest absolute Gasteiger partial charge is 0.224 e. The number of nitrogens with zero attached hydrogens (tertiary/aromatic N) is 3. The van der Waals surface area contributed by atoms with Gasteiger partial charge in [0.2, 0.25) is 5.91 Å². The molecule has 0 saturated heterocycles. The van der Waals surface area contributed by atoms with E-state index in [2.05, 4.69) is 22.2 Å². The van der Waals surface area contributed by atoms with Crippen molar-refractivity contribution in [1.82, 2.24) is 14.9 Å². The van der Waals surface area contributed by atoms with Crippen molar-refractivity contribution in [3.63, 3.8) is 0 Å². The highest BCUT2D eigenvalue weighted by molar-refractivity contribution is 5.81. The van der Waals surface area contributed by atoms with Crippen LogP contribution in [0.5, 0.6) is 5.75 Å². The van der Waals surface area contributed by atoms with Gasteiger partial charge in [0, 0.05) is 31.9 Å². The van der Waals surface area contributed by atoms with Gasteiger partial charge < -0.3 is 15.4 Å². The summed E-state index contributed by atoms with van der Waals surface area (Å²) in [6.07, 6.45) is 2.17. The molecule has 0 aliphatic carbocycles. The first kappa shape index (κ1) is 23.1. The molecule has 3 aromatic rings. The topological polar surface area (TPSA) is 80.5 Å². The van der Waals surface area contributed by atoms with Crippen LogP contribution in [0.25, 0.3) is 16.7 Å². The van der Waals surface area contributed by atoms with E-state index in [4.69, 9.17) is 9.72 Å². The lowest BCUT2D eigenvalue weighted by molar-refractivity contribution is -0.120. The lowest BCUT2D eigenvalue weighted by Crippen LogP contribution is -2.27. The van der Waals surface area contributed by atoms with Crippen molar-refractivity contribution in [2.45, 2.75) is 26.2 Å². The Hall–Kier alpha value is -3.61. The van der Waals surface area contributed by atoms with E-state index in [1.165, 1.54) is 0 Å². The van der Waals surface area contributed by atoms with Crippen molar-refractivity contribution < 1.29 is 9.53 Å². The summed E-state index contributed by atoms with van der Waals surface area (Å²) >= 11 is 0. The van der Waals surface area contributed by atoms with Gasteiger partial charge in [0.1, 0.15) is 5.75 Å². The second-order valence-corrected chi connectivity index (χ2v) is 7.58. The van der Waals surface area contributed by atoms with Gasteiger partial charge in [-0.1, -0.05) is 36.9 Å². The maximum Gasteiger partial charge on any atom is 0.224 e. The van der Waals surface area contributed by atoms with E-state index in [0.717, 1.165) is 52.9 Å². The van der Waals surface area contributed by atoms with Gasteiger partial charge in [-0.05, 0) is 37.5 Å². The zero-order valence-corrected chi connectivity index (χ0v) is 19.0. The molecule has 2 aromatic carbocycles. The van der Waals surface area contributed by atoms with Gasteiger partial charge in [-0.25, -0.2) is 4.98 Å². The fraction of sp³-hybridized carbons (Fsp3) is 0.320. The molecule has 0 aliphatic rings.